The Hall–Kier alpha value is -1.35. The Labute approximate surface area is 109 Å². The SMILES string of the molecule is CN1CCN(c2snc(N)c2S(C)(=O)=O)CC1=O. The topological polar surface area (TPSA) is 96.6 Å². The summed E-state index contributed by atoms with van der Waals surface area (Å²) in [7, 11) is -1.72. The highest BCUT2D eigenvalue weighted by atomic mass is 32.2. The molecule has 1 amide bonds. The number of hydrogen-bond acceptors (Lipinski definition) is 7. The summed E-state index contributed by atoms with van der Waals surface area (Å²) in [5.41, 5.74) is 5.59. The molecule has 0 atom stereocenters. The van der Waals surface area contributed by atoms with Crippen LogP contribution in [0.25, 0.3) is 0 Å². The average Bonchev–Trinajstić information content (AvgIpc) is 2.64. The molecule has 2 N–H and O–H groups in total. The van der Waals surface area contributed by atoms with Crippen molar-refractivity contribution in [1.82, 2.24) is 9.27 Å². The van der Waals surface area contributed by atoms with Crippen LogP contribution in [0.15, 0.2) is 4.90 Å². The first-order valence-corrected chi connectivity index (χ1v) is 7.91. The van der Waals surface area contributed by atoms with Crippen LogP contribution in [0.5, 0.6) is 0 Å². The number of nitrogen functional groups attached to an aromatic ring is 1. The van der Waals surface area contributed by atoms with Gasteiger partial charge in [-0.25, -0.2) is 8.42 Å². The molecule has 1 aliphatic heterocycles. The number of nitrogens with two attached hydrogens (primary N) is 1. The third-order valence-corrected chi connectivity index (χ3v) is 4.97. The molecule has 0 radical (unpaired) electrons. The normalized spacial score (nSPS) is 17.3. The summed E-state index contributed by atoms with van der Waals surface area (Å²) in [6.07, 6.45) is 1.09. The van der Waals surface area contributed by atoms with E-state index in [1.165, 1.54) is 0 Å². The summed E-state index contributed by atoms with van der Waals surface area (Å²) in [4.78, 5) is 15.0. The van der Waals surface area contributed by atoms with Crippen molar-refractivity contribution in [2.75, 3.05) is 43.6 Å². The quantitative estimate of drug-likeness (QED) is 0.782. The molecule has 0 spiro atoms. The maximum Gasteiger partial charge on any atom is 0.241 e. The highest BCUT2D eigenvalue weighted by Gasteiger charge is 2.29. The molecule has 100 valence electrons. The van der Waals surface area contributed by atoms with E-state index in [9.17, 15) is 13.2 Å². The van der Waals surface area contributed by atoms with Gasteiger partial charge in [0.05, 0.1) is 6.54 Å². The van der Waals surface area contributed by atoms with Gasteiger partial charge in [-0.15, -0.1) is 0 Å². The lowest BCUT2D eigenvalue weighted by atomic mass is 10.3. The summed E-state index contributed by atoms with van der Waals surface area (Å²) < 4.78 is 27.3. The van der Waals surface area contributed by atoms with Gasteiger partial charge in [-0.3, -0.25) is 4.79 Å². The van der Waals surface area contributed by atoms with E-state index >= 15 is 0 Å². The number of hydrogen-bond donors (Lipinski definition) is 1. The number of sulfone groups is 1. The van der Waals surface area contributed by atoms with Crippen molar-refractivity contribution < 1.29 is 13.2 Å². The van der Waals surface area contributed by atoms with Gasteiger partial charge in [0.1, 0.15) is 9.90 Å². The summed E-state index contributed by atoms with van der Waals surface area (Å²) in [5.74, 6) is -0.0449. The number of carbonyl (C=O) groups is 1. The predicted molar refractivity (Wildman–Crippen MR) is 69.5 cm³/mol. The molecule has 0 aliphatic carbocycles. The Balaban J connectivity index is 2.38. The number of piperazine rings is 1. The van der Waals surface area contributed by atoms with Gasteiger partial charge in [0.15, 0.2) is 15.7 Å². The Morgan fingerprint density at radius 1 is 1.39 bits per heavy atom. The second-order valence-corrected chi connectivity index (χ2v) is 6.92. The van der Waals surface area contributed by atoms with Gasteiger partial charge in [0, 0.05) is 26.4 Å². The van der Waals surface area contributed by atoms with Gasteiger partial charge in [-0.1, -0.05) is 0 Å². The number of carbonyl (C=O) groups excluding carboxylic acids is 1. The summed E-state index contributed by atoms with van der Waals surface area (Å²) in [6.45, 7) is 1.28. The van der Waals surface area contributed by atoms with Crippen molar-refractivity contribution in [3.8, 4) is 0 Å². The molecule has 0 aromatic carbocycles. The van der Waals surface area contributed by atoms with Crippen LogP contribution in [0.3, 0.4) is 0 Å². The third kappa shape index (κ3) is 2.27. The first-order chi connectivity index (χ1) is 8.30. The highest BCUT2D eigenvalue weighted by molar-refractivity contribution is 7.91. The molecular formula is C9H14N4O3S2. The molecule has 1 saturated heterocycles. The van der Waals surface area contributed by atoms with Crippen molar-refractivity contribution in [2.24, 2.45) is 0 Å². The first-order valence-electron chi connectivity index (χ1n) is 5.25. The minimum Gasteiger partial charge on any atom is -0.382 e. The number of rotatable bonds is 2. The summed E-state index contributed by atoms with van der Waals surface area (Å²) in [5, 5.41) is 0.455. The van der Waals surface area contributed by atoms with Crippen LogP contribution < -0.4 is 10.6 Å². The smallest absolute Gasteiger partial charge is 0.241 e. The minimum atomic E-state index is -3.44. The fourth-order valence-electron chi connectivity index (χ4n) is 1.77. The molecule has 1 aliphatic rings. The van der Waals surface area contributed by atoms with Gasteiger partial charge in [0.2, 0.25) is 5.91 Å². The van der Waals surface area contributed by atoms with E-state index < -0.39 is 9.84 Å². The number of anilines is 2. The minimum absolute atomic E-state index is 0.00359. The van der Waals surface area contributed by atoms with Crippen LogP contribution in [0.2, 0.25) is 0 Å². The molecule has 0 bridgehead atoms. The Morgan fingerprint density at radius 2 is 2.06 bits per heavy atom. The zero-order chi connectivity index (χ0) is 13.5. The molecule has 0 unspecified atom stereocenters. The fourth-order valence-corrected chi connectivity index (χ4v) is 4.00. The van der Waals surface area contributed by atoms with Crippen molar-refractivity contribution in [3.05, 3.63) is 0 Å². The van der Waals surface area contributed by atoms with E-state index in [-0.39, 0.29) is 23.2 Å². The average molecular weight is 290 g/mol. The lowest BCUT2D eigenvalue weighted by molar-refractivity contribution is -0.129. The molecule has 18 heavy (non-hydrogen) atoms. The number of nitrogens with zero attached hydrogens (tertiary/aromatic N) is 3. The van der Waals surface area contributed by atoms with Crippen LogP contribution in [0.4, 0.5) is 10.8 Å². The van der Waals surface area contributed by atoms with E-state index in [4.69, 9.17) is 5.73 Å². The standard InChI is InChI=1S/C9H14N4O3S2/c1-12-3-4-13(5-6(12)14)9-7(18(2,15)16)8(10)11-17-9/h3-5H2,1-2H3,(H2,10,11). The van der Waals surface area contributed by atoms with E-state index in [2.05, 4.69) is 4.37 Å². The Bertz CT molecular complexity index is 581. The molecule has 9 heteroatoms. The molecule has 1 aromatic heterocycles. The highest BCUT2D eigenvalue weighted by Crippen LogP contribution is 2.34. The second kappa shape index (κ2) is 4.39. The monoisotopic (exact) mass is 290 g/mol. The Morgan fingerprint density at radius 3 is 2.61 bits per heavy atom. The van der Waals surface area contributed by atoms with Crippen LogP contribution in [0, 0.1) is 0 Å². The first kappa shape index (κ1) is 13.1. The van der Waals surface area contributed by atoms with Crippen molar-refractivity contribution in [2.45, 2.75) is 4.90 Å². The predicted octanol–water partition coefficient (Wildman–Crippen LogP) is -0.593. The van der Waals surface area contributed by atoms with Crippen molar-refractivity contribution in [3.63, 3.8) is 0 Å². The fraction of sp³-hybridized carbons (Fsp3) is 0.556. The van der Waals surface area contributed by atoms with E-state index in [0.717, 1.165) is 17.8 Å². The molecule has 1 fully saturated rings. The maximum absolute atomic E-state index is 11.7. The lowest BCUT2D eigenvalue weighted by Gasteiger charge is -2.32. The van der Waals surface area contributed by atoms with E-state index in [1.807, 2.05) is 0 Å². The molecule has 2 rings (SSSR count). The van der Waals surface area contributed by atoms with Crippen LogP contribution in [-0.2, 0) is 14.6 Å². The zero-order valence-corrected chi connectivity index (χ0v) is 11.7. The van der Waals surface area contributed by atoms with Crippen LogP contribution in [-0.4, -0.2) is 56.5 Å². The largest absolute Gasteiger partial charge is 0.382 e. The van der Waals surface area contributed by atoms with Gasteiger partial charge >= 0.3 is 0 Å². The van der Waals surface area contributed by atoms with Crippen molar-refractivity contribution >= 4 is 38.1 Å². The van der Waals surface area contributed by atoms with Crippen LogP contribution in [0.1, 0.15) is 0 Å². The van der Waals surface area contributed by atoms with E-state index in [0.29, 0.717) is 18.1 Å². The van der Waals surface area contributed by atoms with Gasteiger partial charge in [-0.05, 0) is 11.5 Å². The number of likely N-dealkylation sites (N-methyl/N-ethyl adjacent to an activating group) is 1. The third-order valence-electron chi connectivity index (χ3n) is 2.77. The molecule has 0 saturated carbocycles. The van der Waals surface area contributed by atoms with E-state index in [1.54, 1.807) is 16.8 Å². The second-order valence-electron chi connectivity index (χ2n) is 4.21. The molecule has 1 aromatic rings. The van der Waals surface area contributed by atoms with Crippen LogP contribution >= 0.6 is 11.5 Å². The maximum atomic E-state index is 11.7. The summed E-state index contributed by atoms with van der Waals surface area (Å²) in [6, 6.07) is 0. The number of aromatic nitrogens is 1. The van der Waals surface area contributed by atoms with Crippen molar-refractivity contribution in [1.29, 1.82) is 0 Å². The van der Waals surface area contributed by atoms with Gasteiger partial charge in [-0.2, -0.15) is 4.37 Å². The summed E-state index contributed by atoms with van der Waals surface area (Å²) >= 11 is 1.01. The molecular weight excluding hydrogens is 276 g/mol. The Kier molecular flexibility index (Phi) is 3.20. The zero-order valence-electron chi connectivity index (χ0n) is 10.1. The number of amides is 1. The molecule has 2 heterocycles. The van der Waals surface area contributed by atoms with Gasteiger partial charge < -0.3 is 15.5 Å². The van der Waals surface area contributed by atoms with Gasteiger partial charge in [0.25, 0.3) is 0 Å². The molecule has 7 nitrogen and oxygen atoms in total. The lowest BCUT2D eigenvalue weighted by Crippen LogP contribution is -2.48.